The first-order chi connectivity index (χ1) is 18.1. The molecule has 0 aliphatic carbocycles. The Kier molecular flexibility index (Phi) is 10.2. The summed E-state index contributed by atoms with van der Waals surface area (Å²) < 4.78 is 28.6. The number of para-hydroxylation sites is 1. The average molecular weight is 577 g/mol. The first kappa shape index (κ1) is 29.5. The van der Waals surface area contributed by atoms with Gasteiger partial charge in [-0.25, -0.2) is 8.42 Å². The largest absolute Gasteiger partial charge is 0.355 e. The Bertz CT molecular complexity index is 1370. The smallest absolute Gasteiger partial charge is 0.264 e. The van der Waals surface area contributed by atoms with Gasteiger partial charge >= 0.3 is 0 Å². The number of halogens is 2. The third-order valence-electron chi connectivity index (χ3n) is 6.02. The van der Waals surface area contributed by atoms with Crippen molar-refractivity contribution in [1.82, 2.24) is 10.2 Å². The minimum Gasteiger partial charge on any atom is -0.355 e. The SMILES string of the molecule is CCNC(=O)[C@@H](CC)N(Cc1ccc(Cl)cc1Cl)C(=O)CN(c1ccccc1)S(=O)(=O)c1ccc(C)cc1. The van der Waals surface area contributed by atoms with Crippen LogP contribution in [-0.2, 0) is 26.2 Å². The second-order valence-electron chi connectivity index (χ2n) is 8.74. The molecule has 0 fully saturated rings. The molecule has 38 heavy (non-hydrogen) atoms. The number of nitrogens with zero attached hydrogens (tertiary/aromatic N) is 2. The van der Waals surface area contributed by atoms with E-state index >= 15 is 0 Å². The number of hydrogen-bond acceptors (Lipinski definition) is 4. The Hall–Kier alpha value is -3.07. The predicted molar refractivity (Wildman–Crippen MR) is 152 cm³/mol. The molecule has 0 aliphatic rings. The van der Waals surface area contributed by atoms with E-state index in [4.69, 9.17) is 23.2 Å². The molecule has 7 nitrogen and oxygen atoms in total. The fourth-order valence-electron chi connectivity index (χ4n) is 4.01. The molecular weight excluding hydrogens is 545 g/mol. The van der Waals surface area contributed by atoms with Crippen LogP contribution in [0.3, 0.4) is 0 Å². The van der Waals surface area contributed by atoms with Crippen molar-refractivity contribution in [1.29, 1.82) is 0 Å². The van der Waals surface area contributed by atoms with Gasteiger partial charge in [0.25, 0.3) is 10.0 Å². The number of likely N-dealkylation sites (N-methyl/N-ethyl adjacent to an activating group) is 1. The van der Waals surface area contributed by atoms with Crippen molar-refractivity contribution >= 4 is 50.7 Å². The van der Waals surface area contributed by atoms with E-state index in [2.05, 4.69) is 5.32 Å². The summed E-state index contributed by atoms with van der Waals surface area (Å²) in [5.74, 6) is -0.880. The minimum atomic E-state index is -4.11. The van der Waals surface area contributed by atoms with E-state index in [0.29, 0.717) is 34.3 Å². The normalized spacial score (nSPS) is 12.0. The molecule has 0 unspecified atom stereocenters. The number of nitrogens with one attached hydrogen (secondary N) is 1. The molecule has 0 spiro atoms. The van der Waals surface area contributed by atoms with E-state index in [1.165, 1.54) is 17.0 Å². The molecule has 1 atom stereocenters. The number of amides is 2. The highest BCUT2D eigenvalue weighted by molar-refractivity contribution is 7.92. The zero-order valence-electron chi connectivity index (χ0n) is 21.5. The van der Waals surface area contributed by atoms with Crippen LogP contribution < -0.4 is 9.62 Å². The summed E-state index contributed by atoms with van der Waals surface area (Å²) in [6.07, 6.45) is 0.318. The second-order valence-corrected chi connectivity index (χ2v) is 11.4. The van der Waals surface area contributed by atoms with E-state index < -0.39 is 28.5 Å². The van der Waals surface area contributed by atoms with E-state index in [1.807, 2.05) is 6.92 Å². The van der Waals surface area contributed by atoms with Gasteiger partial charge in [0, 0.05) is 23.1 Å². The zero-order chi connectivity index (χ0) is 27.9. The van der Waals surface area contributed by atoms with Crippen LogP contribution in [-0.4, -0.2) is 44.3 Å². The van der Waals surface area contributed by atoms with Crippen molar-refractivity contribution in [3.63, 3.8) is 0 Å². The standard InChI is InChI=1S/C28H31Cl2N3O4S/c1-4-26(28(35)31-5-2)32(18-21-13-14-22(29)17-25(21)30)27(34)19-33(23-9-7-6-8-10-23)38(36,37)24-15-11-20(3)12-16-24/h6-17,26H,4-5,18-19H2,1-3H3,(H,31,35)/t26-/m1/s1. The second kappa shape index (κ2) is 13.1. The number of sulfonamides is 1. The fraction of sp³-hybridized carbons (Fsp3) is 0.286. The lowest BCUT2D eigenvalue weighted by Crippen LogP contribution is -2.52. The summed E-state index contributed by atoms with van der Waals surface area (Å²) in [6.45, 7) is 5.32. The third-order valence-corrected chi connectivity index (χ3v) is 8.40. The third kappa shape index (κ3) is 7.07. The summed E-state index contributed by atoms with van der Waals surface area (Å²) in [5, 5.41) is 3.55. The molecule has 0 heterocycles. The van der Waals surface area contributed by atoms with Crippen molar-refractivity contribution < 1.29 is 18.0 Å². The molecule has 0 aromatic heterocycles. The van der Waals surface area contributed by atoms with Crippen LogP contribution in [0.15, 0.2) is 77.7 Å². The van der Waals surface area contributed by atoms with Gasteiger partial charge in [0.15, 0.2) is 0 Å². The van der Waals surface area contributed by atoms with Gasteiger partial charge in [0.1, 0.15) is 12.6 Å². The molecule has 202 valence electrons. The minimum absolute atomic E-state index is 0.00230. The summed E-state index contributed by atoms with van der Waals surface area (Å²) in [6, 6.07) is 18.9. The summed E-state index contributed by atoms with van der Waals surface area (Å²) in [4.78, 5) is 28.3. The maximum absolute atomic E-state index is 13.9. The maximum atomic E-state index is 13.9. The number of aryl methyl sites for hydroxylation is 1. The highest BCUT2D eigenvalue weighted by atomic mass is 35.5. The summed E-state index contributed by atoms with van der Waals surface area (Å²) in [7, 11) is -4.11. The number of hydrogen-bond donors (Lipinski definition) is 1. The Labute approximate surface area is 234 Å². The number of benzene rings is 3. The Balaban J connectivity index is 2.05. The van der Waals surface area contributed by atoms with Gasteiger partial charge in [-0.15, -0.1) is 0 Å². The molecule has 0 saturated carbocycles. The molecule has 3 rings (SSSR count). The van der Waals surface area contributed by atoms with E-state index in [0.717, 1.165) is 9.87 Å². The van der Waals surface area contributed by atoms with Crippen LogP contribution >= 0.6 is 23.2 Å². The van der Waals surface area contributed by atoms with E-state index in [-0.39, 0.29) is 17.3 Å². The number of carbonyl (C=O) groups is 2. The van der Waals surface area contributed by atoms with Crippen molar-refractivity contribution in [2.45, 2.75) is 44.7 Å². The van der Waals surface area contributed by atoms with Gasteiger partial charge < -0.3 is 10.2 Å². The Morgan fingerprint density at radius 3 is 2.18 bits per heavy atom. The topological polar surface area (TPSA) is 86.8 Å². The zero-order valence-corrected chi connectivity index (χ0v) is 23.9. The van der Waals surface area contributed by atoms with Crippen molar-refractivity contribution in [2.75, 3.05) is 17.4 Å². The van der Waals surface area contributed by atoms with Crippen molar-refractivity contribution in [2.24, 2.45) is 0 Å². The van der Waals surface area contributed by atoms with Gasteiger partial charge in [-0.1, -0.05) is 72.1 Å². The van der Waals surface area contributed by atoms with Gasteiger partial charge in [-0.05, 0) is 62.2 Å². The van der Waals surface area contributed by atoms with Crippen LogP contribution in [0, 0.1) is 6.92 Å². The monoisotopic (exact) mass is 575 g/mol. The first-order valence-corrected chi connectivity index (χ1v) is 14.4. The molecular formula is C28H31Cl2N3O4S. The molecule has 0 bridgehead atoms. The van der Waals surface area contributed by atoms with Crippen LogP contribution in [0.2, 0.25) is 10.0 Å². The molecule has 0 saturated heterocycles. The summed E-state index contributed by atoms with van der Waals surface area (Å²) >= 11 is 12.5. The van der Waals surface area contributed by atoms with Gasteiger partial charge in [0.05, 0.1) is 10.6 Å². The van der Waals surface area contributed by atoms with Crippen molar-refractivity contribution in [3.8, 4) is 0 Å². The van der Waals surface area contributed by atoms with Gasteiger partial charge in [0.2, 0.25) is 11.8 Å². The molecule has 2 amide bonds. The molecule has 1 N–H and O–H groups in total. The molecule has 3 aromatic carbocycles. The quantitative estimate of drug-likeness (QED) is 0.330. The number of rotatable bonds is 11. The van der Waals surface area contributed by atoms with Gasteiger partial charge in [-0.3, -0.25) is 13.9 Å². The van der Waals surface area contributed by atoms with Crippen LogP contribution in [0.1, 0.15) is 31.4 Å². The number of anilines is 1. The summed E-state index contributed by atoms with van der Waals surface area (Å²) in [5.41, 5.74) is 1.82. The molecule has 3 aromatic rings. The van der Waals surface area contributed by atoms with Crippen LogP contribution in [0.5, 0.6) is 0 Å². The van der Waals surface area contributed by atoms with E-state index in [9.17, 15) is 18.0 Å². The Morgan fingerprint density at radius 2 is 1.61 bits per heavy atom. The lowest BCUT2D eigenvalue weighted by molar-refractivity contribution is -0.140. The molecule has 0 aliphatic heterocycles. The van der Waals surface area contributed by atoms with Gasteiger partial charge in [-0.2, -0.15) is 0 Å². The molecule has 0 radical (unpaired) electrons. The number of carbonyl (C=O) groups excluding carboxylic acids is 2. The van der Waals surface area contributed by atoms with E-state index in [1.54, 1.807) is 74.5 Å². The molecule has 10 heteroatoms. The van der Waals surface area contributed by atoms with Crippen LogP contribution in [0.4, 0.5) is 5.69 Å². The Morgan fingerprint density at radius 1 is 0.947 bits per heavy atom. The fourth-order valence-corrected chi connectivity index (χ4v) is 5.89. The lowest BCUT2D eigenvalue weighted by atomic mass is 10.1. The predicted octanol–water partition coefficient (Wildman–Crippen LogP) is 5.44. The maximum Gasteiger partial charge on any atom is 0.264 e. The highest BCUT2D eigenvalue weighted by Gasteiger charge is 2.33. The first-order valence-electron chi connectivity index (χ1n) is 12.2. The lowest BCUT2D eigenvalue weighted by Gasteiger charge is -2.33. The highest BCUT2D eigenvalue weighted by Crippen LogP contribution is 2.27. The van der Waals surface area contributed by atoms with Crippen LogP contribution in [0.25, 0.3) is 0 Å². The average Bonchev–Trinajstić information content (AvgIpc) is 2.89. The van der Waals surface area contributed by atoms with Crippen molar-refractivity contribution in [3.05, 3.63) is 94.0 Å².